The van der Waals surface area contributed by atoms with Crippen LogP contribution in [0.1, 0.15) is 50.7 Å². The number of hydrogen-bond donors (Lipinski definition) is 2. The molecule has 0 bridgehead atoms. The van der Waals surface area contributed by atoms with Crippen LogP contribution in [-0.2, 0) is 0 Å². The lowest BCUT2D eigenvalue weighted by molar-refractivity contribution is 0.0896. The van der Waals surface area contributed by atoms with E-state index in [-0.39, 0.29) is 16.9 Å². The molecule has 2 aromatic heterocycles. The van der Waals surface area contributed by atoms with Crippen molar-refractivity contribution in [1.29, 1.82) is 0 Å². The number of anilines is 1. The van der Waals surface area contributed by atoms with Gasteiger partial charge < -0.3 is 11.1 Å². The van der Waals surface area contributed by atoms with Gasteiger partial charge in [0.1, 0.15) is 4.88 Å². The second-order valence-corrected chi connectivity index (χ2v) is 8.34. The van der Waals surface area contributed by atoms with Crippen LogP contribution in [0.4, 0.5) is 5.69 Å². The van der Waals surface area contributed by atoms with Crippen molar-refractivity contribution < 1.29 is 4.79 Å². The Balaban J connectivity index is 2.25. The molecule has 0 aliphatic heterocycles. The molecule has 2 heterocycles. The lowest BCUT2D eigenvalue weighted by atomic mass is 9.82. The van der Waals surface area contributed by atoms with E-state index in [2.05, 4.69) is 31.1 Å². The fraction of sp³-hybridized carbons (Fsp3) is 0.500. The number of nitrogens with zero attached hydrogens (tertiary/aromatic N) is 1. The van der Waals surface area contributed by atoms with Crippen molar-refractivity contribution in [2.75, 3.05) is 5.73 Å². The van der Waals surface area contributed by atoms with Gasteiger partial charge in [-0.1, -0.05) is 20.8 Å². The van der Waals surface area contributed by atoms with E-state index in [0.29, 0.717) is 10.6 Å². The summed E-state index contributed by atoms with van der Waals surface area (Å²) in [5.74, 6) is -0.108. The van der Waals surface area contributed by atoms with E-state index in [9.17, 15) is 4.79 Å². The van der Waals surface area contributed by atoms with Crippen LogP contribution in [0.5, 0.6) is 0 Å². The summed E-state index contributed by atoms with van der Waals surface area (Å²) in [7, 11) is 0. The third kappa shape index (κ3) is 3.73. The minimum Gasteiger partial charge on any atom is -0.397 e. The van der Waals surface area contributed by atoms with E-state index < -0.39 is 0 Å². The van der Waals surface area contributed by atoms with Crippen molar-refractivity contribution in [2.24, 2.45) is 5.41 Å². The first-order valence-corrected chi connectivity index (χ1v) is 7.85. The molecule has 114 valence electrons. The molecule has 2 aromatic rings. The minimum atomic E-state index is -0.282. The molecule has 1 amide bonds. The van der Waals surface area contributed by atoms with Crippen LogP contribution < -0.4 is 11.1 Å². The Bertz CT molecular complexity index is 668. The van der Waals surface area contributed by atoms with Gasteiger partial charge in [0.05, 0.1) is 10.4 Å². The second kappa shape index (κ2) is 5.30. The molecule has 0 unspecified atom stereocenters. The molecule has 5 heteroatoms. The molecular weight excluding hydrogens is 282 g/mol. The summed E-state index contributed by atoms with van der Waals surface area (Å²) in [4.78, 5) is 17.2. The van der Waals surface area contributed by atoms with Crippen molar-refractivity contribution >= 4 is 33.0 Å². The van der Waals surface area contributed by atoms with Gasteiger partial charge in [0.15, 0.2) is 0 Å². The van der Waals surface area contributed by atoms with Crippen molar-refractivity contribution in [1.82, 2.24) is 10.3 Å². The number of nitrogens with two attached hydrogens (primary N) is 1. The fourth-order valence-corrected chi connectivity index (χ4v) is 3.86. The number of carbonyl (C=O) groups is 1. The maximum absolute atomic E-state index is 12.5. The SMILES string of the molecule is CC(C)(C)CC(C)(C)NC(=O)c1sc2cnccc2c1N. The summed E-state index contributed by atoms with van der Waals surface area (Å²) >= 11 is 1.39. The molecule has 0 atom stereocenters. The molecule has 3 N–H and O–H groups in total. The molecule has 4 nitrogen and oxygen atoms in total. The van der Waals surface area contributed by atoms with Gasteiger partial charge in [0, 0.05) is 23.3 Å². The van der Waals surface area contributed by atoms with Crippen LogP contribution in [0.25, 0.3) is 10.1 Å². The summed E-state index contributed by atoms with van der Waals surface area (Å²) in [6, 6.07) is 1.85. The van der Waals surface area contributed by atoms with Crippen molar-refractivity contribution in [3.8, 4) is 0 Å². The molecule has 0 aliphatic rings. The highest BCUT2D eigenvalue weighted by molar-refractivity contribution is 7.21. The summed E-state index contributed by atoms with van der Waals surface area (Å²) < 4.78 is 0.939. The lowest BCUT2D eigenvalue weighted by Gasteiger charge is -2.33. The summed E-state index contributed by atoms with van der Waals surface area (Å²) in [6.07, 6.45) is 4.32. The van der Waals surface area contributed by atoms with Gasteiger partial charge in [-0.3, -0.25) is 9.78 Å². The quantitative estimate of drug-likeness (QED) is 0.905. The van der Waals surface area contributed by atoms with Gasteiger partial charge in [-0.25, -0.2) is 0 Å². The van der Waals surface area contributed by atoms with Crippen LogP contribution in [0, 0.1) is 5.41 Å². The van der Waals surface area contributed by atoms with Crippen molar-refractivity contribution in [3.63, 3.8) is 0 Å². The third-order valence-electron chi connectivity index (χ3n) is 3.16. The van der Waals surface area contributed by atoms with E-state index in [1.165, 1.54) is 11.3 Å². The summed E-state index contributed by atoms with van der Waals surface area (Å²) in [5.41, 5.74) is 6.51. The molecule has 0 saturated carbocycles. The number of pyridine rings is 1. The van der Waals surface area contributed by atoms with Crippen LogP contribution >= 0.6 is 11.3 Å². The van der Waals surface area contributed by atoms with Crippen molar-refractivity contribution in [2.45, 2.75) is 46.6 Å². The van der Waals surface area contributed by atoms with Gasteiger partial charge >= 0.3 is 0 Å². The number of carbonyl (C=O) groups excluding carboxylic acids is 1. The molecule has 2 rings (SSSR count). The van der Waals surface area contributed by atoms with Crippen LogP contribution in [-0.4, -0.2) is 16.4 Å². The topological polar surface area (TPSA) is 68.0 Å². The highest BCUT2D eigenvalue weighted by Crippen LogP contribution is 2.34. The Morgan fingerprint density at radius 3 is 2.57 bits per heavy atom. The number of rotatable bonds is 3. The number of hydrogen-bond acceptors (Lipinski definition) is 4. The van der Waals surface area contributed by atoms with E-state index in [1.54, 1.807) is 12.4 Å². The minimum absolute atomic E-state index is 0.108. The molecule has 21 heavy (non-hydrogen) atoms. The van der Waals surface area contributed by atoms with Gasteiger partial charge in [-0.15, -0.1) is 11.3 Å². The van der Waals surface area contributed by atoms with E-state index in [0.717, 1.165) is 16.5 Å². The number of amides is 1. The van der Waals surface area contributed by atoms with E-state index in [4.69, 9.17) is 5.73 Å². The predicted octanol–water partition coefficient (Wildman–Crippen LogP) is 3.82. The van der Waals surface area contributed by atoms with Gasteiger partial charge in [-0.2, -0.15) is 0 Å². The number of nitrogen functional groups attached to an aromatic ring is 1. The predicted molar refractivity (Wildman–Crippen MR) is 89.6 cm³/mol. The zero-order chi connectivity index (χ0) is 15.8. The first kappa shape index (κ1) is 15.8. The normalized spacial score (nSPS) is 12.6. The second-order valence-electron chi connectivity index (χ2n) is 7.29. The largest absolute Gasteiger partial charge is 0.397 e. The number of nitrogens with one attached hydrogen (secondary N) is 1. The molecule has 0 aromatic carbocycles. The lowest BCUT2D eigenvalue weighted by Crippen LogP contribution is -2.45. The van der Waals surface area contributed by atoms with Gasteiger partial charge in [0.2, 0.25) is 0 Å². The smallest absolute Gasteiger partial charge is 0.263 e. The Morgan fingerprint density at radius 1 is 1.33 bits per heavy atom. The maximum atomic E-state index is 12.5. The number of thiophene rings is 1. The number of fused-ring (bicyclic) bond motifs is 1. The third-order valence-corrected chi connectivity index (χ3v) is 4.32. The zero-order valence-corrected chi connectivity index (χ0v) is 14.1. The Hall–Kier alpha value is -1.62. The summed E-state index contributed by atoms with van der Waals surface area (Å²) in [6.45, 7) is 10.6. The Kier molecular flexibility index (Phi) is 3.97. The first-order valence-electron chi connectivity index (χ1n) is 7.04. The molecule has 0 spiro atoms. The number of aromatic nitrogens is 1. The first-order chi connectivity index (χ1) is 9.59. The van der Waals surface area contributed by atoms with E-state index >= 15 is 0 Å². The molecule has 0 fully saturated rings. The average Bonchev–Trinajstić information content (AvgIpc) is 2.64. The van der Waals surface area contributed by atoms with E-state index in [1.807, 2.05) is 19.9 Å². The fourth-order valence-electron chi connectivity index (χ4n) is 2.87. The molecule has 0 aliphatic carbocycles. The van der Waals surface area contributed by atoms with Crippen LogP contribution in [0.15, 0.2) is 18.5 Å². The maximum Gasteiger partial charge on any atom is 0.263 e. The zero-order valence-electron chi connectivity index (χ0n) is 13.3. The van der Waals surface area contributed by atoms with Gasteiger partial charge in [0.25, 0.3) is 5.91 Å². The monoisotopic (exact) mass is 305 g/mol. The van der Waals surface area contributed by atoms with Crippen molar-refractivity contribution in [3.05, 3.63) is 23.3 Å². The van der Waals surface area contributed by atoms with Crippen LogP contribution in [0.2, 0.25) is 0 Å². The molecule has 0 radical (unpaired) electrons. The highest BCUT2D eigenvalue weighted by atomic mass is 32.1. The standard InChI is InChI=1S/C16H23N3OS/c1-15(2,3)9-16(4,5)19-14(20)13-12(17)10-6-7-18-8-11(10)21-13/h6-8H,9,17H2,1-5H3,(H,19,20). The average molecular weight is 305 g/mol. The molecule has 0 saturated heterocycles. The Morgan fingerprint density at radius 2 is 2.00 bits per heavy atom. The van der Waals surface area contributed by atoms with Gasteiger partial charge in [-0.05, 0) is 31.7 Å². The molecular formula is C16H23N3OS. The Labute approximate surface area is 129 Å². The summed E-state index contributed by atoms with van der Waals surface area (Å²) in [5, 5.41) is 4.00. The van der Waals surface area contributed by atoms with Crippen LogP contribution in [0.3, 0.4) is 0 Å². The highest BCUT2D eigenvalue weighted by Gasteiger charge is 2.28.